The lowest BCUT2D eigenvalue weighted by Gasteiger charge is -2.39. The fourth-order valence-electron chi connectivity index (χ4n) is 5.08. The van der Waals surface area contributed by atoms with Crippen LogP contribution >= 0.6 is 0 Å². The minimum Gasteiger partial charge on any atom is -0.508 e. The van der Waals surface area contributed by atoms with E-state index >= 15 is 0 Å². The Morgan fingerprint density at radius 3 is 2.45 bits per heavy atom. The van der Waals surface area contributed by atoms with Crippen molar-refractivity contribution in [2.75, 3.05) is 26.7 Å². The second-order valence-corrected chi connectivity index (χ2v) is 10.3. The largest absolute Gasteiger partial charge is 0.508 e. The quantitative estimate of drug-likeness (QED) is 0.487. The SMILES string of the molecule is CN1CC(=O)N[C@H]2CN(C(=O)c3cccc(O)c3)CC[C@H]2OCc2cccc(c2)Oc2cccc(c2)CCC1=O. The number of ether oxygens (including phenoxy) is 2. The van der Waals surface area contributed by atoms with Gasteiger partial charge < -0.3 is 29.7 Å². The van der Waals surface area contributed by atoms with Crippen molar-refractivity contribution in [2.45, 2.75) is 38.0 Å². The van der Waals surface area contributed by atoms with Crippen molar-refractivity contribution < 1.29 is 29.0 Å². The molecule has 1 fully saturated rings. The molecule has 3 aromatic carbocycles. The Balaban J connectivity index is 1.37. The van der Waals surface area contributed by atoms with Crippen LogP contribution in [0.25, 0.3) is 0 Å². The molecule has 40 heavy (non-hydrogen) atoms. The third kappa shape index (κ3) is 6.79. The van der Waals surface area contributed by atoms with Gasteiger partial charge in [0.1, 0.15) is 17.2 Å². The second kappa shape index (κ2) is 12.2. The number of amides is 3. The van der Waals surface area contributed by atoms with Gasteiger partial charge in [-0.2, -0.15) is 0 Å². The standard InChI is InChI=1S/C31H33N3O6/c1-33-19-29(36)32-27-18-34(31(38)23-7-4-8-24(35)17-23)14-13-28(27)39-20-22-6-3-10-26(16-22)40-25-9-2-5-21(15-25)11-12-30(33)37/h2-10,15-17,27-28,35H,11-14,18-20H2,1H3,(H,32,36)/t27-,28+/m0/s1. The van der Waals surface area contributed by atoms with E-state index in [-0.39, 0.29) is 49.1 Å². The topological polar surface area (TPSA) is 108 Å². The number of phenols is 1. The highest BCUT2D eigenvalue weighted by Crippen LogP contribution is 2.25. The summed E-state index contributed by atoms with van der Waals surface area (Å²) >= 11 is 0. The molecule has 9 nitrogen and oxygen atoms in total. The molecule has 0 radical (unpaired) electrons. The molecule has 2 aliphatic rings. The van der Waals surface area contributed by atoms with Gasteiger partial charge in [0, 0.05) is 32.1 Å². The number of hydrogen-bond donors (Lipinski definition) is 2. The van der Waals surface area contributed by atoms with Gasteiger partial charge in [-0.25, -0.2) is 0 Å². The molecule has 208 valence electrons. The van der Waals surface area contributed by atoms with Crippen molar-refractivity contribution in [3.05, 3.63) is 89.5 Å². The van der Waals surface area contributed by atoms with Crippen LogP contribution in [0, 0.1) is 0 Å². The van der Waals surface area contributed by atoms with E-state index < -0.39 is 6.04 Å². The van der Waals surface area contributed by atoms with Gasteiger partial charge in [0.15, 0.2) is 0 Å². The molecular weight excluding hydrogens is 510 g/mol. The third-order valence-corrected chi connectivity index (χ3v) is 7.21. The van der Waals surface area contributed by atoms with E-state index in [0.29, 0.717) is 43.1 Å². The summed E-state index contributed by atoms with van der Waals surface area (Å²) < 4.78 is 12.4. The number of fused-ring (bicyclic) bond motifs is 5. The van der Waals surface area contributed by atoms with Crippen molar-refractivity contribution >= 4 is 17.7 Å². The molecule has 2 heterocycles. The lowest BCUT2D eigenvalue weighted by atomic mass is 10.0. The molecule has 4 bridgehead atoms. The minimum atomic E-state index is -0.482. The van der Waals surface area contributed by atoms with Crippen LogP contribution in [0.5, 0.6) is 17.2 Å². The molecule has 2 N–H and O–H groups in total. The molecule has 5 rings (SSSR count). The van der Waals surface area contributed by atoms with Gasteiger partial charge >= 0.3 is 0 Å². The summed E-state index contributed by atoms with van der Waals surface area (Å²) in [6.45, 7) is 0.866. The van der Waals surface area contributed by atoms with Gasteiger partial charge in [-0.05, 0) is 66.4 Å². The van der Waals surface area contributed by atoms with Crippen molar-refractivity contribution in [2.24, 2.45) is 0 Å². The van der Waals surface area contributed by atoms with Crippen LogP contribution < -0.4 is 10.1 Å². The number of carbonyl (C=O) groups is 3. The highest BCUT2D eigenvalue weighted by Gasteiger charge is 2.34. The van der Waals surface area contributed by atoms with Crippen LogP contribution in [0.2, 0.25) is 0 Å². The predicted octanol–water partition coefficient (Wildman–Crippen LogP) is 3.51. The number of likely N-dealkylation sites (tertiary alicyclic amines) is 1. The zero-order chi connectivity index (χ0) is 28.1. The zero-order valence-corrected chi connectivity index (χ0v) is 22.4. The normalized spacial score (nSPS) is 20.4. The number of carbonyl (C=O) groups excluding carboxylic acids is 3. The number of nitrogens with zero attached hydrogens (tertiary/aromatic N) is 2. The summed E-state index contributed by atoms with van der Waals surface area (Å²) in [5.74, 6) is 0.669. The smallest absolute Gasteiger partial charge is 0.254 e. The molecule has 3 amide bonds. The molecule has 3 aromatic rings. The maximum atomic E-state index is 13.2. The van der Waals surface area contributed by atoms with Crippen molar-refractivity contribution in [1.29, 1.82) is 0 Å². The van der Waals surface area contributed by atoms with Gasteiger partial charge in [-0.1, -0.05) is 30.3 Å². The molecule has 0 aromatic heterocycles. The average Bonchev–Trinajstić information content (AvgIpc) is 2.94. The minimum absolute atomic E-state index is 0.0136. The highest BCUT2D eigenvalue weighted by atomic mass is 16.5. The number of aromatic hydroxyl groups is 1. The summed E-state index contributed by atoms with van der Waals surface area (Å²) in [6.07, 6.45) is 0.933. The summed E-state index contributed by atoms with van der Waals surface area (Å²) in [6, 6.07) is 21.0. The molecule has 9 heteroatoms. The summed E-state index contributed by atoms with van der Waals surface area (Å²) in [5.41, 5.74) is 2.26. The van der Waals surface area contributed by atoms with Gasteiger partial charge in [-0.15, -0.1) is 0 Å². The van der Waals surface area contributed by atoms with E-state index in [2.05, 4.69) is 5.32 Å². The zero-order valence-electron chi connectivity index (χ0n) is 22.4. The molecule has 0 unspecified atom stereocenters. The van der Waals surface area contributed by atoms with Crippen molar-refractivity contribution in [1.82, 2.24) is 15.1 Å². The average molecular weight is 544 g/mol. The number of aryl methyl sites for hydroxylation is 1. The monoisotopic (exact) mass is 543 g/mol. The van der Waals surface area contributed by atoms with Crippen molar-refractivity contribution in [3.63, 3.8) is 0 Å². The molecule has 2 aliphatic heterocycles. The number of nitrogens with one attached hydrogen (secondary N) is 1. The maximum absolute atomic E-state index is 13.2. The summed E-state index contributed by atoms with van der Waals surface area (Å²) in [4.78, 5) is 42.1. The summed E-state index contributed by atoms with van der Waals surface area (Å²) in [5, 5.41) is 12.8. The molecular formula is C31H33N3O6. The van der Waals surface area contributed by atoms with Crippen LogP contribution in [-0.4, -0.2) is 71.5 Å². The van der Waals surface area contributed by atoms with Gasteiger partial charge in [-0.3, -0.25) is 14.4 Å². The fourth-order valence-corrected chi connectivity index (χ4v) is 5.08. The van der Waals surface area contributed by atoms with E-state index in [0.717, 1.165) is 11.1 Å². The molecule has 1 saturated heterocycles. The van der Waals surface area contributed by atoms with Crippen LogP contribution in [0.4, 0.5) is 0 Å². The number of piperidine rings is 1. The van der Waals surface area contributed by atoms with Crippen LogP contribution in [0.15, 0.2) is 72.8 Å². The van der Waals surface area contributed by atoms with Crippen LogP contribution in [0.3, 0.4) is 0 Å². The Morgan fingerprint density at radius 2 is 1.68 bits per heavy atom. The Kier molecular flexibility index (Phi) is 8.31. The lowest BCUT2D eigenvalue weighted by Crippen LogP contribution is -2.58. The van der Waals surface area contributed by atoms with Crippen LogP contribution in [-0.2, 0) is 27.4 Å². The first-order valence-corrected chi connectivity index (χ1v) is 13.4. The van der Waals surface area contributed by atoms with Crippen LogP contribution in [0.1, 0.15) is 34.3 Å². The van der Waals surface area contributed by atoms with Gasteiger partial charge in [0.2, 0.25) is 11.8 Å². The first-order chi connectivity index (χ1) is 19.3. The second-order valence-electron chi connectivity index (χ2n) is 10.3. The maximum Gasteiger partial charge on any atom is 0.254 e. The Labute approximate surface area is 233 Å². The fraction of sp³-hybridized carbons (Fsp3) is 0.323. The van der Waals surface area contributed by atoms with Gasteiger partial charge in [0.05, 0.1) is 25.3 Å². The summed E-state index contributed by atoms with van der Waals surface area (Å²) in [7, 11) is 1.61. The number of phenolic OH excluding ortho intramolecular Hbond substituents is 1. The van der Waals surface area contributed by atoms with Gasteiger partial charge in [0.25, 0.3) is 5.91 Å². The predicted molar refractivity (Wildman–Crippen MR) is 148 cm³/mol. The molecule has 0 saturated carbocycles. The van der Waals surface area contributed by atoms with E-state index in [1.165, 1.54) is 17.0 Å². The first-order valence-electron chi connectivity index (χ1n) is 13.4. The van der Waals surface area contributed by atoms with E-state index in [1.54, 1.807) is 24.1 Å². The number of benzene rings is 3. The Bertz CT molecular complexity index is 1390. The first kappa shape index (κ1) is 27.2. The number of hydrogen-bond acceptors (Lipinski definition) is 6. The highest BCUT2D eigenvalue weighted by molar-refractivity contribution is 5.94. The number of rotatable bonds is 1. The molecule has 0 spiro atoms. The Morgan fingerprint density at radius 1 is 0.950 bits per heavy atom. The lowest BCUT2D eigenvalue weighted by molar-refractivity contribution is -0.135. The third-order valence-electron chi connectivity index (χ3n) is 7.21. The van der Waals surface area contributed by atoms with E-state index in [1.807, 2.05) is 48.5 Å². The number of likely N-dealkylation sites (N-methyl/N-ethyl adjacent to an activating group) is 1. The van der Waals surface area contributed by atoms with E-state index in [4.69, 9.17) is 9.47 Å². The van der Waals surface area contributed by atoms with Crippen molar-refractivity contribution in [3.8, 4) is 17.2 Å². The molecule has 2 atom stereocenters. The molecule has 0 aliphatic carbocycles. The Hall–Kier alpha value is -4.37. The van der Waals surface area contributed by atoms with E-state index in [9.17, 15) is 19.5 Å².